The molecule has 1 aliphatic carbocycles. The third kappa shape index (κ3) is 2.68. The van der Waals surface area contributed by atoms with E-state index in [2.05, 4.69) is 48.3 Å². The van der Waals surface area contributed by atoms with Gasteiger partial charge in [-0.1, -0.05) is 48.0 Å². The Morgan fingerprint density at radius 1 is 1.03 bits per heavy atom. The Labute approximate surface area is 175 Å². The Kier molecular flexibility index (Phi) is 3.82. The van der Waals surface area contributed by atoms with Crippen molar-refractivity contribution in [3.8, 4) is 0 Å². The molecule has 3 heterocycles. The molecule has 3 aliphatic rings. The largest absolute Gasteiger partial charge is 0.356 e. The molecule has 0 unspecified atom stereocenters. The molecule has 6 rings (SSSR count). The van der Waals surface area contributed by atoms with E-state index in [9.17, 15) is 9.59 Å². The summed E-state index contributed by atoms with van der Waals surface area (Å²) in [7, 11) is 0. The molecule has 5 nitrogen and oxygen atoms in total. The monoisotopic (exact) mass is 399 g/mol. The maximum Gasteiger partial charge on any atom is 0.246 e. The normalized spacial score (nSPS) is 23.6. The number of fused-ring (bicyclic) bond motifs is 4. The zero-order valence-corrected chi connectivity index (χ0v) is 17.1. The van der Waals surface area contributed by atoms with Crippen LogP contribution in [-0.2, 0) is 16.0 Å². The van der Waals surface area contributed by atoms with Crippen LogP contribution >= 0.6 is 0 Å². The van der Waals surface area contributed by atoms with Crippen LogP contribution in [0.3, 0.4) is 0 Å². The third-order valence-electron chi connectivity index (χ3n) is 6.91. The van der Waals surface area contributed by atoms with Crippen LogP contribution in [0.15, 0.2) is 48.5 Å². The molecule has 2 aliphatic heterocycles. The molecular formula is C25H25N3O2. The number of nitrogens with zero attached hydrogens (tertiary/aromatic N) is 2. The van der Waals surface area contributed by atoms with Gasteiger partial charge in [0.05, 0.1) is 12.6 Å². The lowest BCUT2D eigenvalue weighted by Crippen LogP contribution is -2.63. The number of hydrogen-bond donors (Lipinski definition) is 1. The van der Waals surface area contributed by atoms with Crippen LogP contribution in [0.4, 0.5) is 0 Å². The first-order chi connectivity index (χ1) is 14.6. The van der Waals surface area contributed by atoms with Gasteiger partial charge < -0.3 is 14.8 Å². The summed E-state index contributed by atoms with van der Waals surface area (Å²) < 4.78 is 0. The molecule has 0 bridgehead atoms. The van der Waals surface area contributed by atoms with Crippen LogP contribution in [0.25, 0.3) is 10.9 Å². The molecule has 1 N–H and O–H groups in total. The van der Waals surface area contributed by atoms with Crippen molar-refractivity contribution in [3.05, 3.63) is 70.9 Å². The molecule has 1 saturated carbocycles. The van der Waals surface area contributed by atoms with Crippen LogP contribution in [0.1, 0.15) is 41.3 Å². The smallest absolute Gasteiger partial charge is 0.246 e. The van der Waals surface area contributed by atoms with Crippen molar-refractivity contribution >= 4 is 22.7 Å². The molecule has 2 atom stereocenters. The number of aryl methyl sites for hydroxylation is 1. The second kappa shape index (κ2) is 6.46. The highest BCUT2D eigenvalue weighted by molar-refractivity contribution is 5.97. The second-order valence-electron chi connectivity index (χ2n) is 9.06. The SMILES string of the molecule is Cc1ccc([C@H]2c3[nH]c4ccccc4c3C[C@@H]3C(=O)N(CC4CC4)CC(=O)N23)cc1. The summed E-state index contributed by atoms with van der Waals surface area (Å²) in [6, 6.07) is 15.9. The molecular weight excluding hydrogens is 374 g/mol. The zero-order valence-electron chi connectivity index (χ0n) is 17.1. The van der Waals surface area contributed by atoms with Crippen LogP contribution in [0.2, 0.25) is 0 Å². The first-order valence-electron chi connectivity index (χ1n) is 10.9. The predicted molar refractivity (Wildman–Crippen MR) is 115 cm³/mol. The number of amides is 2. The maximum atomic E-state index is 13.5. The summed E-state index contributed by atoms with van der Waals surface area (Å²) in [5.41, 5.74) is 5.52. The van der Waals surface area contributed by atoms with E-state index >= 15 is 0 Å². The fourth-order valence-corrected chi connectivity index (χ4v) is 5.19. The number of piperazine rings is 1. The quantitative estimate of drug-likeness (QED) is 0.732. The number of aromatic amines is 1. The highest BCUT2D eigenvalue weighted by Gasteiger charge is 2.48. The molecule has 2 aromatic carbocycles. The standard InChI is InChI=1S/C25H25N3O2/c1-15-6-10-17(11-7-15)24-23-19(18-4-2-3-5-20(18)26-23)12-21-25(30)27(13-16-8-9-16)14-22(29)28(21)24/h2-7,10-11,16,21,24,26H,8-9,12-14H2,1H3/t21-,24+/m1/s1. The molecule has 30 heavy (non-hydrogen) atoms. The van der Waals surface area contributed by atoms with E-state index in [1.165, 1.54) is 24.0 Å². The fraction of sp³-hybridized carbons (Fsp3) is 0.360. The average molecular weight is 399 g/mol. The van der Waals surface area contributed by atoms with Crippen molar-refractivity contribution in [2.45, 2.75) is 38.3 Å². The Morgan fingerprint density at radius 3 is 2.57 bits per heavy atom. The van der Waals surface area contributed by atoms with Gasteiger partial charge in [0.1, 0.15) is 6.04 Å². The summed E-state index contributed by atoms with van der Waals surface area (Å²) in [5.74, 6) is 0.734. The number of H-pyrrole nitrogens is 1. The van der Waals surface area contributed by atoms with E-state index < -0.39 is 6.04 Å². The number of rotatable bonds is 3. The summed E-state index contributed by atoms with van der Waals surface area (Å²) in [5, 5.41) is 1.16. The number of carbonyl (C=O) groups excluding carboxylic acids is 2. The topological polar surface area (TPSA) is 56.4 Å². The zero-order chi connectivity index (χ0) is 20.4. The Hall–Kier alpha value is -3.08. The number of nitrogens with one attached hydrogen (secondary N) is 1. The molecule has 3 aromatic rings. The lowest BCUT2D eigenvalue weighted by molar-refractivity contribution is -0.158. The van der Waals surface area contributed by atoms with Crippen molar-refractivity contribution < 1.29 is 9.59 Å². The van der Waals surface area contributed by atoms with Crippen molar-refractivity contribution in [1.82, 2.24) is 14.8 Å². The van der Waals surface area contributed by atoms with Gasteiger partial charge in [-0.15, -0.1) is 0 Å². The van der Waals surface area contributed by atoms with Gasteiger partial charge in [0.25, 0.3) is 0 Å². The van der Waals surface area contributed by atoms with Gasteiger partial charge in [-0.3, -0.25) is 9.59 Å². The summed E-state index contributed by atoms with van der Waals surface area (Å²) in [4.78, 5) is 34.1. The Balaban J connectivity index is 1.51. The number of carbonyl (C=O) groups is 2. The van der Waals surface area contributed by atoms with Crippen LogP contribution in [0, 0.1) is 12.8 Å². The lowest BCUT2D eigenvalue weighted by Gasteiger charge is -2.47. The van der Waals surface area contributed by atoms with Gasteiger partial charge in [-0.2, -0.15) is 0 Å². The van der Waals surface area contributed by atoms with E-state index in [1.807, 2.05) is 21.9 Å². The molecule has 1 aromatic heterocycles. The van der Waals surface area contributed by atoms with Crippen molar-refractivity contribution in [2.24, 2.45) is 5.92 Å². The van der Waals surface area contributed by atoms with E-state index in [0.29, 0.717) is 12.3 Å². The van der Waals surface area contributed by atoms with E-state index in [-0.39, 0.29) is 24.4 Å². The third-order valence-corrected chi connectivity index (χ3v) is 6.91. The number of para-hydroxylation sites is 1. The van der Waals surface area contributed by atoms with Crippen LogP contribution < -0.4 is 0 Å². The van der Waals surface area contributed by atoms with E-state index in [0.717, 1.165) is 28.7 Å². The highest BCUT2D eigenvalue weighted by Crippen LogP contribution is 2.43. The van der Waals surface area contributed by atoms with Crippen molar-refractivity contribution in [2.75, 3.05) is 13.1 Å². The summed E-state index contributed by atoms with van der Waals surface area (Å²) in [6.45, 7) is 2.99. The van der Waals surface area contributed by atoms with Crippen molar-refractivity contribution in [3.63, 3.8) is 0 Å². The Morgan fingerprint density at radius 2 is 1.80 bits per heavy atom. The first kappa shape index (κ1) is 17.8. The number of aromatic nitrogens is 1. The number of hydrogen-bond acceptors (Lipinski definition) is 2. The van der Waals surface area contributed by atoms with Crippen LogP contribution in [0.5, 0.6) is 0 Å². The maximum absolute atomic E-state index is 13.5. The molecule has 0 radical (unpaired) electrons. The van der Waals surface area contributed by atoms with E-state index in [4.69, 9.17) is 0 Å². The molecule has 1 saturated heterocycles. The average Bonchev–Trinajstić information content (AvgIpc) is 3.49. The van der Waals surface area contributed by atoms with Gasteiger partial charge in [0.2, 0.25) is 11.8 Å². The summed E-state index contributed by atoms with van der Waals surface area (Å²) >= 11 is 0. The molecule has 2 amide bonds. The lowest BCUT2D eigenvalue weighted by atomic mass is 9.86. The van der Waals surface area contributed by atoms with E-state index in [1.54, 1.807) is 0 Å². The number of benzene rings is 2. The van der Waals surface area contributed by atoms with Crippen molar-refractivity contribution in [1.29, 1.82) is 0 Å². The van der Waals surface area contributed by atoms with Gasteiger partial charge in [-0.25, -0.2) is 0 Å². The summed E-state index contributed by atoms with van der Waals surface area (Å²) in [6.07, 6.45) is 2.92. The molecule has 0 spiro atoms. The first-order valence-corrected chi connectivity index (χ1v) is 10.9. The minimum atomic E-state index is -0.428. The predicted octanol–water partition coefficient (Wildman–Crippen LogP) is 3.57. The van der Waals surface area contributed by atoms with Gasteiger partial charge in [0.15, 0.2) is 0 Å². The Bertz CT molecular complexity index is 1160. The van der Waals surface area contributed by atoms with Gasteiger partial charge in [0, 0.05) is 29.6 Å². The molecule has 152 valence electrons. The second-order valence-corrected chi connectivity index (χ2v) is 9.06. The van der Waals surface area contributed by atoms with Crippen LogP contribution in [-0.4, -0.2) is 45.7 Å². The van der Waals surface area contributed by atoms with Gasteiger partial charge in [-0.05, 0) is 42.9 Å². The minimum absolute atomic E-state index is 0.0510. The minimum Gasteiger partial charge on any atom is -0.356 e. The highest BCUT2D eigenvalue weighted by atomic mass is 16.2. The molecule has 2 fully saturated rings. The molecule has 5 heteroatoms. The van der Waals surface area contributed by atoms with Gasteiger partial charge >= 0.3 is 0 Å². The fourth-order valence-electron chi connectivity index (χ4n) is 5.19.